The summed E-state index contributed by atoms with van der Waals surface area (Å²) in [6.45, 7) is 21.2. The fraction of sp³-hybridized carbons (Fsp3) is 1.00. The van der Waals surface area contributed by atoms with Crippen molar-refractivity contribution in [2.75, 3.05) is 45.8 Å². The Kier molecular flexibility index (Phi) is 9.91. The summed E-state index contributed by atoms with van der Waals surface area (Å²) in [5, 5.41) is 0. The van der Waals surface area contributed by atoms with E-state index in [0.29, 0.717) is 0 Å². The van der Waals surface area contributed by atoms with Crippen LogP contribution in [0.5, 0.6) is 0 Å². The smallest absolute Gasteiger partial charge is 0.135 e. The fourth-order valence-corrected chi connectivity index (χ4v) is 3.84. The molecule has 0 aromatic carbocycles. The van der Waals surface area contributed by atoms with Gasteiger partial charge < -0.3 is 4.98 Å². The minimum Gasteiger partial charge on any atom is -0.315 e. The van der Waals surface area contributed by atoms with E-state index in [4.69, 9.17) is 0 Å². The predicted octanol–water partition coefficient (Wildman–Crippen LogP) is 0.536. The molecule has 0 spiro atoms. The molecule has 0 saturated heterocycles. The Morgan fingerprint density at radius 3 is 1.32 bits per heavy atom. The number of hydrogen-bond donors (Lipinski definition) is 1. The largest absolute Gasteiger partial charge is 0.315 e. The van der Waals surface area contributed by atoms with Gasteiger partial charge in [-0.3, -0.25) is 14.7 Å². The van der Waals surface area contributed by atoms with Crippen LogP contribution in [0.2, 0.25) is 0 Å². The minimum absolute atomic E-state index is 0.00520. The van der Waals surface area contributed by atoms with E-state index in [2.05, 4.69) is 61.2 Å². The fourth-order valence-electron chi connectivity index (χ4n) is 3.05. The summed E-state index contributed by atoms with van der Waals surface area (Å²) < 4.78 is 0. The van der Waals surface area contributed by atoms with E-state index in [0.717, 1.165) is 56.2 Å². The SMILES string of the molecule is CCN(CC)CC(N[SiH3])(N(CC)CC)N(CC)CC. The van der Waals surface area contributed by atoms with Gasteiger partial charge >= 0.3 is 0 Å². The van der Waals surface area contributed by atoms with Gasteiger partial charge in [-0.1, -0.05) is 41.5 Å². The lowest BCUT2D eigenvalue weighted by atomic mass is 10.2. The Bertz CT molecular complexity index is 201. The molecule has 0 rings (SSSR count). The normalized spacial score (nSPS) is 13.1. The number of rotatable bonds is 11. The van der Waals surface area contributed by atoms with Crippen molar-refractivity contribution in [3.05, 3.63) is 0 Å². The Morgan fingerprint density at radius 2 is 1.11 bits per heavy atom. The van der Waals surface area contributed by atoms with E-state index < -0.39 is 0 Å². The van der Waals surface area contributed by atoms with E-state index in [1.54, 1.807) is 0 Å². The maximum absolute atomic E-state index is 3.77. The van der Waals surface area contributed by atoms with Crippen molar-refractivity contribution in [1.82, 2.24) is 19.7 Å². The lowest BCUT2D eigenvalue weighted by molar-refractivity contribution is -0.0797. The average Bonchev–Trinajstić information content (AvgIpc) is 2.46. The van der Waals surface area contributed by atoms with Crippen molar-refractivity contribution in [1.29, 1.82) is 0 Å². The molecule has 0 saturated carbocycles. The standard InChI is InChI=1S/C14H36N4Si/c1-7-16(8-2)13-14(15-19,17(9-3)10-4)18(11-5)12-6/h15H,7-13H2,1-6,19H3. The van der Waals surface area contributed by atoms with Gasteiger partial charge in [0.15, 0.2) is 0 Å². The average molecular weight is 289 g/mol. The molecule has 4 nitrogen and oxygen atoms in total. The zero-order valence-corrected chi connectivity index (χ0v) is 16.3. The second kappa shape index (κ2) is 9.88. The molecule has 0 amide bonds. The zero-order valence-electron chi connectivity index (χ0n) is 14.3. The number of nitrogens with one attached hydrogen (secondary N) is 1. The Labute approximate surface area is 124 Å². The van der Waals surface area contributed by atoms with Crippen LogP contribution in [0.15, 0.2) is 0 Å². The van der Waals surface area contributed by atoms with E-state index in [1.807, 2.05) is 0 Å². The summed E-state index contributed by atoms with van der Waals surface area (Å²) in [5.41, 5.74) is 0. The molecular weight excluding hydrogens is 252 g/mol. The van der Waals surface area contributed by atoms with Gasteiger partial charge in [-0.05, 0) is 39.3 Å². The second-order valence-corrected chi connectivity index (χ2v) is 5.37. The number of nitrogens with zero attached hydrogens (tertiary/aromatic N) is 3. The number of likely N-dealkylation sites (N-methyl/N-ethyl adjacent to an activating group) is 3. The van der Waals surface area contributed by atoms with Crippen molar-refractivity contribution in [3.8, 4) is 0 Å². The molecule has 116 valence electrons. The summed E-state index contributed by atoms with van der Waals surface area (Å²) >= 11 is 0. The third-order valence-electron chi connectivity index (χ3n) is 4.31. The van der Waals surface area contributed by atoms with Crippen LogP contribution in [-0.2, 0) is 0 Å². The number of hydrogen-bond acceptors (Lipinski definition) is 4. The second-order valence-electron chi connectivity index (χ2n) is 4.87. The first kappa shape index (κ1) is 19.1. The molecular formula is C14H36N4Si. The highest BCUT2D eigenvalue weighted by molar-refractivity contribution is 6.04. The molecule has 0 aromatic heterocycles. The molecule has 0 radical (unpaired) electrons. The van der Waals surface area contributed by atoms with Gasteiger partial charge in [-0.15, -0.1) is 0 Å². The topological polar surface area (TPSA) is 21.8 Å². The van der Waals surface area contributed by atoms with Crippen molar-refractivity contribution in [2.45, 2.75) is 47.3 Å². The van der Waals surface area contributed by atoms with Crippen molar-refractivity contribution in [2.24, 2.45) is 0 Å². The van der Waals surface area contributed by atoms with Crippen LogP contribution in [0.25, 0.3) is 0 Å². The highest BCUT2D eigenvalue weighted by Gasteiger charge is 2.39. The molecule has 0 fully saturated rings. The lowest BCUT2D eigenvalue weighted by Crippen LogP contribution is -2.72. The van der Waals surface area contributed by atoms with Crippen LogP contribution >= 0.6 is 0 Å². The lowest BCUT2D eigenvalue weighted by Gasteiger charge is -2.52. The summed E-state index contributed by atoms with van der Waals surface area (Å²) in [5.74, 6) is 0.00520. The van der Waals surface area contributed by atoms with Gasteiger partial charge in [0.1, 0.15) is 5.79 Å². The first-order valence-corrected chi connectivity index (χ1v) is 9.01. The van der Waals surface area contributed by atoms with Crippen LogP contribution < -0.4 is 4.98 Å². The third-order valence-corrected chi connectivity index (χ3v) is 5.11. The highest BCUT2D eigenvalue weighted by atomic mass is 28.2. The summed E-state index contributed by atoms with van der Waals surface area (Å²) in [7, 11) is 1.01. The molecule has 0 aliphatic rings. The first-order chi connectivity index (χ1) is 9.09. The first-order valence-electron chi connectivity index (χ1n) is 8.01. The molecule has 0 aliphatic carbocycles. The van der Waals surface area contributed by atoms with Gasteiger partial charge in [0.05, 0.1) is 10.4 Å². The molecule has 0 atom stereocenters. The third kappa shape index (κ3) is 4.53. The van der Waals surface area contributed by atoms with Crippen LogP contribution in [0.1, 0.15) is 41.5 Å². The van der Waals surface area contributed by atoms with Gasteiger partial charge in [0, 0.05) is 6.54 Å². The van der Waals surface area contributed by atoms with Crippen molar-refractivity contribution in [3.63, 3.8) is 0 Å². The van der Waals surface area contributed by atoms with Crippen molar-refractivity contribution >= 4 is 10.4 Å². The van der Waals surface area contributed by atoms with E-state index in [1.165, 1.54) is 0 Å². The zero-order chi connectivity index (χ0) is 14.9. The van der Waals surface area contributed by atoms with Gasteiger partial charge in [-0.2, -0.15) is 0 Å². The van der Waals surface area contributed by atoms with Crippen LogP contribution in [-0.4, -0.2) is 76.7 Å². The maximum Gasteiger partial charge on any atom is 0.135 e. The summed E-state index contributed by atoms with van der Waals surface area (Å²) in [6.07, 6.45) is 0. The molecule has 1 N–H and O–H groups in total. The van der Waals surface area contributed by atoms with Gasteiger partial charge in [0.25, 0.3) is 0 Å². The van der Waals surface area contributed by atoms with Crippen molar-refractivity contribution < 1.29 is 0 Å². The van der Waals surface area contributed by atoms with Gasteiger partial charge in [0.2, 0.25) is 0 Å². The maximum atomic E-state index is 3.77. The monoisotopic (exact) mass is 288 g/mol. The molecule has 5 heteroatoms. The predicted molar refractivity (Wildman–Crippen MR) is 89.4 cm³/mol. The van der Waals surface area contributed by atoms with Gasteiger partial charge in [-0.25, -0.2) is 0 Å². The molecule has 0 heterocycles. The quantitative estimate of drug-likeness (QED) is 0.442. The van der Waals surface area contributed by atoms with Crippen LogP contribution in [0.3, 0.4) is 0 Å². The molecule has 0 aliphatic heterocycles. The Morgan fingerprint density at radius 1 is 0.737 bits per heavy atom. The minimum atomic E-state index is 0.00520. The summed E-state index contributed by atoms with van der Waals surface area (Å²) in [4.78, 5) is 11.4. The Balaban J connectivity index is 5.37. The highest BCUT2D eigenvalue weighted by Crippen LogP contribution is 2.19. The van der Waals surface area contributed by atoms with E-state index >= 15 is 0 Å². The van der Waals surface area contributed by atoms with E-state index in [-0.39, 0.29) is 5.79 Å². The summed E-state index contributed by atoms with van der Waals surface area (Å²) in [6, 6.07) is 0. The molecule has 0 bridgehead atoms. The Hall–Kier alpha value is 0.0569. The van der Waals surface area contributed by atoms with Crippen LogP contribution in [0.4, 0.5) is 0 Å². The molecule has 0 unspecified atom stereocenters. The van der Waals surface area contributed by atoms with Crippen LogP contribution in [0, 0.1) is 0 Å². The van der Waals surface area contributed by atoms with E-state index in [9.17, 15) is 0 Å². The molecule has 0 aromatic rings. The molecule has 19 heavy (non-hydrogen) atoms.